The number of carbonyl (C=O) groups excluding carboxylic acids is 1. The molecule has 0 saturated carbocycles. The van der Waals surface area contributed by atoms with E-state index in [-0.39, 0.29) is 17.1 Å². The van der Waals surface area contributed by atoms with Crippen LogP contribution >= 0.6 is 0 Å². The number of hydrogen-bond acceptors (Lipinski definition) is 4. The molecule has 0 spiro atoms. The van der Waals surface area contributed by atoms with Crippen molar-refractivity contribution < 1.29 is 4.79 Å². The first-order valence-corrected chi connectivity index (χ1v) is 8.24. The average Bonchev–Trinajstić information content (AvgIpc) is 3.10. The molecule has 3 aromatic rings. The molecule has 0 radical (unpaired) electrons. The van der Waals surface area contributed by atoms with Crippen LogP contribution in [0.4, 0.5) is 5.95 Å². The third-order valence-corrected chi connectivity index (χ3v) is 4.39. The van der Waals surface area contributed by atoms with Crippen molar-refractivity contribution in [2.75, 3.05) is 5.32 Å². The van der Waals surface area contributed by atoms with Crippen molar-refractivity contribution in [1.29, 1.82) is 0 Å². The standard InChI is InChI=1S/C18H17N5O2/c24-16-14(10-12-6-4-5-9-15(12)20-16)17(25)21-18-22-19-11-23(18)13-7-2-1-3-8-13/h1-3,7-8,10-11H,4-6,9H2,(H,20,24)(H,21,22,25). The zero-order chi connectivity index (χ0) is 17.2. The third kappa shape index (κ3) is 2.96. The number of rotatable bonds is 3. The lowest BCUT2D eigenvalue weighted by Gasteiger charge is -2.15. The van der Waals surface area contributed by atoms with Gasteiger partial charge >= 0.3 is 0 Å². The van der Waals surface area contributed by atoms with Crippen molar-refractivity contribution in [3.8, 4) is 5.69 Å². The number of nitrogens with zero attached hydrogens (tertiary/aromatic N) is 3. The van der Waals surface area contributed by atoms with Crippen LogP contribution in [-0.4, -0.2) is 25.7 Å². The van der Waals surface area contributed by atoms with Gasteiger partial charge in [-0.3, -0.25) is 19.5 Å². The van der Waals surface area contributed by atoms with Crippen molar-refractivity contribution in [3.05, 3.63) is 69.9 Å². The maximum absolute atomic E-state index is 12.6. The number of benzene rings is 1. The zero-order valence-electron chi connectivity index (χ0n) is 13.5. The number of aromatic amines is 1. The van der Waals surface area contributed by atoms with Gasteiger partial charge in [0.15, 0.2) is 0 Å². The van der Waals surface area contributed by atoms with Crippen molar-refractivity contribution in [2.24, 2.45) is 0 Å². The molecular formula is C18H17N5O2. The molecule has 25 heavy (non-hydrogen) atoms. The summed E-state index contributed by atoms with van der Waals surface area (Å²) in [7, 11) is 0. The zero-order valence-corrected chi connectivity index (χ0v) is 13.5. The molecule has 0 aliphatic heterocycles. The van der Waals surface area contributed by atoms with Gasteiger partial charge in [-0.05, 0) is 49.4 Å². The van der Waals surface area contributed by atoms with Crippen LogP contribution in [-0.2, 0) is 12.8 Å². The second kappa shape index (κ2) is 6.35. The predicted octanol–water partition coefficient (Wildman–Crippen LogP) is 2.09. The van der Waals surface area contributed by atoms with Crippen molar-refractivity contribution in [1.82, 2.24) is 19.7 Å². The normalized spacial score (nSPS) is 13.3. The number of H-pyrrole nitrogens is 1. The molecule has 0 saturated heterocycles. The van der Waals surface area contributed by atoms with Crippen LogP contribution in [0.3, 0.4) is 0 Å². The Morgan fingerprint density at radius 3 is 2.80 bits per heavy atom. The Labute approximate surface area is 143 Å². The molecule has 0 fully saturated rings. The van der Waals surface area contributed by atoms with Gasteiger partial charge in [-0.2, -0.15) is 0 Å². The second-order valence-corrected chi connectivity index (χ2v) is 6.04. The van der Waals surface area contributed by atoms with Gasteiger partial charge in [0.05, 0.1) is 5.69 Å². The van der Waals surface area contributed by atoms with E-state index in [0.29, 0.717) is 0 Å². The highest BCUT2D eigenvalue weighted by Crippen LogP contribution is 2.19. The molecule has 1 amide bonds. The summed E-state index contributed by atoms with van der Waals surface area (Å²) < 4.78 is 1.66. The fraction of sp³-hybridized carbons (Fsp3) is 0.222. The topological polar surface area (TPSA) is 92.7 Å². The summed E-state index contributed by atoms with van der Waals surface area (Å²) in [6.45, 7) is 0. The summed E-state index contributed by atoms with van der Waals surface area (Å²) in [5.74, 6) is -0.215. The average molecular weight is 335 g/mol. The van der Waals surface area contributed by atoms with E-state index in [1.165, 1.54) is 6.33 Å². The Bertz CT molecular complexity index is 975. The highest BCUT2D eigenvalue weighted by molar-refractivity contribution is 6.03. The molecule has 1 aliphatic rings. The van der Waals surface area contributed by atoms with E-state index in [1.54, 1.807) is 10.6 Å². The first-order valence-electron chi connectivity index (χ1n) is 8.24. The lowest BCUT2D eigenvalue weighted by molar-refractivity contribution is 0.102. The van der Waals surface area contributed by atoms with E-state index in [4.69, 9.17) is 0 Å². The number of carbonyl (C=O) groups is 1. The second-order valence-electron chi connectivity index (χ2n) is 6.04. The van der Waals surface area contributed by atoms with E-state index >= 15 is 0 Å². The minimum Gasteiger partial charge on any atom is -0.325 e. The van der Waals surface area contributed by atoms with Crippen LogP contribution in [0, 0.1) is 0 Å². The van der Waals surface area contributed by atoms with Gasteiger partial charge in [0, 0.05) is 5.69 Å². The minimum absolute atomic E-state index is 0.100. The summed E-state index contributed by atoms with van der Waals surface area (Å²) in [5, 5.41) is 10.5. The highest BCUT2D eigenvalue weighted by Gasteiger charge is 2.19. The first kappa shape index (κ1) is 15.3. The lowest BCUT2D eigenvalue weighted by Crippen LogP contribution is -2.27. The summed E-state index contributed by atoms with van der Waals surface area (Å²) in [6.07, 6.45) is 5.39. The molecule has 2 aromatic heterocycles. The number of hydrogen-bond donors (Lipinski definition) is 2. The SMILES string of the molecule is O=C(Nc1nncn1-c1ccccc1)c1cc2c([nH]c1=O)CCCC2. The van der Waals surface area contributed by atoms with E-state index < -0.39 is 5.91 Å². The van der Waals surface area contributed by atoms with Gasteiger partial charge in [0.2, 0.25) is 5.95 Å². The summed E-state index contributed by atoms with van der Waals surface area (Å²) in [5.41, 5.74) is 2.54. The molecule has 7 heteroatoms. The summed E-state index contributed by atoms with van der Waals surface area (Å²) in [4.78, 5) is 27.7. The number of nitrogens with one attached hydrogen (secondary N) is 2. The molecule has 4 rings (SSSR count). The quantitative estimate of drug-likeness (QED) is 0.766. The van der Waals surface area contributed by atoms with Crippen molar-refractivity contribution >= 4 is 11.9 Å². The number of aromatic nitrogens is 4. The fourth-order valence-electron chi connectivity index (χ4n) is 3.11. The molecule has 0 unspecified atom stereocenters. The van der Waals surface area contributed by atoms with Crippen LogP contribution in [0.2, 0.25) is 0 Å². The van der Waals surface area contributed by atoms with Crippen LogP contribution in [0.5, 0.6) is 0 Å². The molecule has 126 valence electrons. The van der Waals surface area contributed by atoms with E-state index in [2.05, 4.69) is 20.5 Å². The maximum Gasteiger partial charge on any atom is 0.263 e. The summed E-state index contributed by atoms with van der Waals surface area (Å²) in [6, 6.07) is 11.1. The Hall–Kier alpha value is -3.22. The summed E-state index contributed by atoms with van der Waals surface area (Å²) >= 11 is 0. The monoisotopic (exact) mass is 335 g/mol. The molecule has 0 bridgehead atoms. The number of amides is 1. The Balaban J connectivity index is 1.64. The van der Waals surface area contributed by atoms with Gasteiger partial charge in [-0.15, -0.1) is 10.2 Å². The number of anilines is 1. The van der Waals surface area contributed by atoms with Gasteiger partial charge in [-0.1, -0.05) is 18.2 Å². The molecular weight excluding hydrogens is 318 g/mol. The molecule has 2 N–H and O–H groups in total. The molecule has 2 heterocycles. The molecule has 1 aliphatic carbocycles. The lowest BCUT2D eigenvalue weighted by atomic mass is 9.95. The maximum atomic E-state index is 12.6. The Kier molecular flexibility index (Phi) is 3.89. The smallest absolute Gasteiger partial charge is 0.263 e. The fourth-order valence-corrected chi connectivity index (χ4v) is 3.11. The highest BCUT2D eigenvalue weighted by atomic mass is 16.2. The number of fused-ring (bicyclic) bond motifs is 1. The van der Waals surface area contributed by atoms with Crippen LogP contribution < -0.4 is 10.9 Å². The molecule has 7 nitrogen and oxygen atoms in total. The van der Waals surface area contributed by atoms with Crippen LogP contribution in [0.15, 0.2) is 47.5 Å². The Morgan fingerprint density at radius 1 is 1.16 bits per heavy atom. The van der Waals surface area contributed by atoms with Gasteiger partial charge < -0.3 is 4.98 Å². The molecule has 1 aromatic carbocycles. The van der Waals surface area contributed by atoms with Crippen molar-refractivity contribution in [3.63, 3.8) is 0 Å². The first-order chi connectivity index (χ1) is 12.2. The third-order valence-electron chi connectivity index (χ3n) is 4.39. The molecule has 0 atom stereocenters. The number of pyridine rings is 1. The van der Waals surface area contributed by atoms with E-state index in [0.717, 1.165) is 42.6 Å². The van der Waals surface area contributed by atoms with Gasteiger partial charge in [0.25, 0.3) is 11.5 Å². The Morgan fingerprint density at radius 2 is 1.96 bits per heavy atom. The van der Waals surface area contributed by atoms with E-state index in [1.807, 2.05) is 30.3 Å². The largest absolute Gasteiger partial charge is 0.325 e. The van der Waals surface area contributed by atoms with Crippen LogP contribution in [0.25, 0.3) is 5.69 Å². The number of para-hydroxylation sites is 1. The van der Waals surface area contributed by atoms with Gasteiger partial charge in [0.1, 0.15) is 11.9 Å². The van der Waals surface area contributed by atoms with Gasteiger partial charge in [-0.25, -0.2) is 0 Å². The number of aryl methyl sites for hydroxylation is 2. The minimum atomic E-state index is -0.486. The van der Waals surface area contributed by atoms with Crippen LogP contribution in [0.1, 0.15) is 34.5 Å². The predicted molar refractivity (Wildman–Crippen MR) is 93.0 cm³/mol. The van der Waals surface area contributed by atoms with Crippen molar-refractivity contribution in [2.45, 2.75) is 25.7 Å². The van der Waals surface area contributed by atoms with E-state index in [9.17, 15) is 9.59 Å².